The number of aromatic nitrogens is 1. The quantitative estimate of drug-likeness (QED) is 0.825. The maximum absolute atomic E-state index is 13.3. The number of hydrogen-bond acceptors (Lipinski definition) is 3. The summed E-state index contributed by atoms with van der Waals surface area (Å²) in [5.41, 5.74) is 1.43. The third kappa shape index (κ3) is 2.55. The van der Waals surface area contributed by atoms with Crippen molar-refractivity contribution in [3.63, 3.8) is 0 Å². The summed E-state index contributed by atoms with van der Waals surface area (Å²) in [4.78, 5) is 14.9. The normalized spacial score (nSPS) is 29.6. The number of nitrogens with zero attached hydrogens (tertiary/aromatic N) is 2. The van der Waals surface area contributed by atoms with Crippen molar-refractivity contribution in [2.24, 2.45) is 17.8 Å². The van der Waals surface area contributed by atoms with E-state index in [1.807, 2.05) is 0 Å². The number of piperidine rings is 1. The van der Waals surface area contributed by atoms with Crippen LogP contribution in [0.3, 0.4) is 0 Å². The Morgan fingerprint density at radius 1 is 1.12 bits per heavy atom. The van der Waals surface area contributed by atoms with E-state index in [9.17, 15) is 9.18 Å². The molecule has 132 valence electrons. The zero-order valence-electron chi connectivity index (χ0n) is 14.3. The molecule has 1 aromatic carbocycles. The molecule has 2 aromatic rings. The third-order valence-corrected chi connectivity index (χ3v) is 6.60. The van der Waals surface area contributed by atoms with Gasteiger partial charge in [0, 0.05) is 36.4 Å². The molecule has 1 aliphatic heterocycles. The van der Waals surface area contributed by atoms with E-state index in [0.29, 0.717) is 29.2 Å². The van der Waals surface area contributed by atoms with Gasteiger partial charge in [-0.2, -0.15) is 0 Å². The molecule has 1 amide bonds. The molecule has 25 heavy (non-hydrogen) atoms. The predicted molar refractivity (Wildman–Crippen MR) is 91.5 cm³/mol. The van der Waals surface area contributed by atoms with Crippen LogP contribution >= 0.6 is 0 Å². The molecule has 1 saturated heterocycles. The second kappa shape index (κ2) is 5.82. The second-order valence-corrected chi connectivity index (χ2v) is 7.95. The standard InChI is InChI=1S/C20H23FN2O2/c21-13-5-6-16-17(11-13)25-22-19(16)12-7-9-23(10-8-12)20(24)18-14-3-1-2-4-15(14)18/h5-6,11-12,14-15,18H,1-4,7-10H2/t14-,15+,18?. The Balaban J connectivity index is 1.26. The van der Waals surface area contributed by atoms with Gasteiger partial charge in [-0.05, 0) is 49.7 Å². The molecular weight excluding hydrogens is 319 g/mol. The molecule has 0 bridgehead atoms. The van der Waals surface area contributed by atoms with Crippen LogP contribution in [-0.2, 0) is 4.79 Å². The summed E-state index contributed by atoms with van der Waals surface area (Å²) in [6.45, 7) is 1.60. The highest BCUT2D eigenvalue weighted by Gasteiger charge is 2.55. The van der Waals surface area contributed by atoms with Crippen molar-refractivity contribution in [3.8, 4) is 0 Å². The fraction of sp³-hybridized carbons (Fsp3) is 0.600. The van der Waals surface area contributed by atoms with E-state index in [0.717, 1.165) is 37.0 Å². The lowest BCUT2D eigenvalue weighted by molar-refractivity contribution is -0.134. The minimum atomic E-state index is -0.304. The first kappa shape index (κ1) is 15.4. The van der Waals surface area contributed by atoms with Gasteiger partial charge in [0.25, 0.3) is 0 Å². The summed E-state index contributed by atoms with van der Waals surface area (Å²) >= 11 is 0. The Morgan fingerprint density at radius 2 is 1.84 bits per heavy atom. The minimum absolute atomic E-state index is 0.289. The van der Waals surface area contributed by atoms with Crippen LogP contribution in [0.25, 0.3) is 11.0 Å². The molecule has 3 fully saturated rings. The van der Waals surface area contributed by atoms with Crippen LogP contribution in [0.15, 0.2) is 22.7 Å². The second-order valence-electron chi connectivity index (χ2n) is 7.95. The first-order valence-corrected chi connectivity index (χ1v) is 9.56. The smallest absolute Gasteiger partial charge is 0.226 e. The molecular formula is C20H23FN2O2. The molecule has 5 heteroatoms. The highest BCUT2D eigenvalue weighted by atomic mass is 19.1. The summed E-state index contributed by atoms with van der Waals surface area (Å²) in [5, 5.41) is 5.09. The van der Waals surface area contributed by atoms with E-state index >= 15 is 0 Å². The molecule has 4 nitrogen and oxygen atoms in total. The number of rotatable bonds is 2. The number of amides is 1. The maximum Gasteiger partial charge on any atom is 0.226 e. The van der Waals surface area contributed by atoms with Crippen LogP contribution in [0.2, 0.25) is 0 Å². The van der Waals surface area contributed by atoms with E-state index in [1.165, 1.54) is 37.8 Å². The van der Waals surface area contributed by atoms with Gasteiger partial charge in [0.2, 0.25) is 5.91 Å². The molecule has 0 N–H and O–H groups in total. The fourth-order valence-corrected chi connectivity index (χ4v) is 5.17. The van der Waals surface area contributed by atoms with Crippen LogP contribution < -0.4 is 0 Å². The van der Waals surface area contributed by atoms with Crippen LogP contribution in [-0.4, -0.2) is 29.1 Å². The average Bonchev–Trinajstić information content (AvgIpc) is 3.23. The monoisotopic (exact) mass is 342 g/mol. The van der Waals surface area contributed by atoms with Gasteiger partial charge < -0.3 is 9.42 Å². The van der Waals surface area contributed by atoms with E-state index < -0.39 is 0 Å². The average molecular weight is 342 g/mol. The fourth-order valence-electron chi connectivity index (χ4n) is 5.17. The van der Waals surface area contributed by atoms with E-state index in [-0.39, 0.29) is 11.7 Å². The Labute approximate surface area is 146 Å². The molecule has 0 spiro atoms. The van der Waals surface area contributed by atoms with Crippen molar-refractivity contribution >= 4 is 16.9 Å². The van der Waals surface area contributed by atoms with Crippen molar-refractivity contribution in [2.75, 3.05) is 13.1 Å². The minimum Gasteiger partial charge on any atom is -0.356 e. The zero-order valence-corrected chi connectivity index (χ0v) is 14.3. The number of fused-ring (bicyclic) bond motifs is 2. The van der Waals surface area contributed by atoms with Gasteiger partial charge in [-0.3, -0.25) is 4.79 Å². The van der Waals surface area contributed by atoms with Crippen molar-refractivity contribution in [1.82, 2.24) is 10.1 Å². The highest BCUT2D eigenvalue weighted by molar-refractivity contribution is 5.83. The number of likely N-dealkylation sites (tertiary alicyclic amines) is 1. The Hall–Kier alpha value is -1.91. The Bertz CT molecular complexity index is 797. The van der Waals surface area contributed by atoms with Gasteiger partial charge in [-0.15, -0.1) is 0 Å². The first-order chi connectivity index (χ1) is 12.2. The number of benzene rings is 1. The molecule has 5 rings (SSSR count). The molecule has 3 aliphatic rings. The predicted octanol–water partition coefficient (Wildman–Crippen LogP) is 4.11. The Kier molecular flexibility index (Phi) is 3.57. The van der Waals surface area contributed by atoms with Gasteiger partial charge in [0.15, 0.2) is 5.58 Å². The summed E-state index contributed by atoms with van der Waals surface area (Å²) < 4.78 is 18.6. The summed E-state index contributed by atoms with van der Waals surface area (Å²) in [5.74, 6) is 2.04. The molecule has 1 aromatic heterocycles. The molecule has 3 atom stereocenters. The topological polar surface area (TPSA) is 46.3 Å². The van der Waals surface area contributed by atoms with Crippen LogP contribution in [0, 0.1) is 23.6 Å². The molecule has 2 saturated carbocycles. The van der Waals surface area contributed by atoms with Gasteiger partial charge in [0.1, 0.15) is 5.82 Å². The van der Waals surface area contributed by atoms with E-state index in [2.05, 4.69) is 10.1 Å². The van der Waals surface area contributed by atoms with Crippen molar-refractivity contribution < 1.29 is 13.7 Å². The lowest BCUT2D eigenvalue weighted by Gasteiger charge is -2.31. The highest BCUT2D eigenvalue weighted by Crippen LogP contribution is 2.56. The van der Waals surface area contributed by atoms with Gasteiger partial charge >= 0.3 is 0 Å². The molecule has 2 aliphatic carbocycles. The summed E-state index contributed by atoms with van der Waals surface area (Å²) in [6.07, 6.45) is 6.91. The maximum atomic E-state index is 13.3. The largest absolute Gasteiger partial charge is 0.356 e. The number of carbonyl (C=O) groups excluding carboxylic acids is 1. The number of carbonyl (C=O) groups is 1. The van der Waals surface area contributed by atoms with Gasteiger partial charge in [0.05, 0.1) is 5.69 Å². The number of hydrogen-bond donors (Lipinski definition) is 0. The third-order valence-electron chi connectivity index (χ3n) is 6.60. The first-order valence-electron chi connectivity index (χ1n) is 9.56. The van der Waals surface area contributed by atoms with Gasteiger partial charge in [-0.25, -0.2) is 4.39 Å². The zero-order chi connectivity index (χ0) is 17.0. The van der Waals surface area contributed by atoms with E-state index in [1.54, 1.807) is 6.07 Å². The lowest BCUT2D eigenvalue weighted by Crippen LogP contribution is -2.39. The summed E-state index contributed by atoms with van der Waals surface area (Å²) in [7, 11) is 0. The van der Waals surface area contributed by atoms with Crippen LogP contribution in [0.4, 0.5) is 4.39 Å². The molecule has 1 unspecified atom stereocenters. The van der Waals surface area contributed by atoms with Crippen LogP contribution in [0.5, 0.6) is 0 Å². The molecule has 0 radical (unpaired) electrons. The Morgan fingerprint density at radius 3 is 2.56 bits per heavy atom. The lowest BCUT2D eigenvalue weighted by atomic mass is 9.91. The van der Waals surface area contributed by atoms with Gasteiger partial charge in [-0.1, -0.05) is 18.0 Å². The van der Waals surface area contributed by atoms with Crippen molar-refractivity contribution in [1.29, 1.82) is 0 Å². The van der Waals surface area contributed by atoms with Crippen molar-refractivity contribution in [2.45, 2.75) is 44.4 Å². The molecule has 2 heterocycles. The van der Waals surface area contributed by atoms with Crippen molar-refractivity contribution in [3.05, 3.63) is 29.7 Å². The van der Waals surface area contributed by atoms with Crippen LogP contribution in [0.1, 0.15) is 50.1 Å². The summed E-state index contributed by atoms with van der Waals surface area (Å²) in [6, 6.07) is 4.60. The number of halogens is 1. The van der Waals surface area contributed by atoms with E-state index in [4.69, 9.17) is 4.52 Å². The SMILES string of the molecule is O=C(C1[C@H]2CCCC[C@@H]12)N1CCC(c2noc3cc(F)ccc23)CC1.